The van der Waals surface area contributed by atoms with Crippen molar-refractivity contribution in [3.63, 3.8) is 0 Å². The van der Waals surface area contributed by atoms with Gasteiger partial charge in [-0.1, -0.05) is 13.8 Å². The van der Waals surface area contributed by atoms with Crippen LogP contribution in [0.5, 0.6) is 11.5 Å². The lowest BCUT2D eigenvalue weighted by Gasteiger charge is -2.46. The predicted molar refractivity (Wildman–Crippen MR) is 91.1 cm³/mol. The van der Waals surface area contributed by atoms with Gasteiger partial charge in [0.05, 0.1) is 20.3 Å². The minimum Gasteiger partial charge on any atom is -0.493 e. The van der Waals surface area contributed by atoms with Crippen molar-refractivity contribution in [1.29, 1.82) is 0 Å². The van der Waals surface area contributed by atoms with Crippen LogP contribution in [0.4, 0.5) is 0 Å². The lowest BCUT2D eigenvalue weighted by Crippen LogP contribution is -2.48. The zero-order chi connectivity index (χ0) is 16.6. The SMILES string of the molecule is COc1cc2c(cc1OC)[C@@H]1C[C@H](O)C(CC(C)C)CN1CC2. The van der Waals surface area contributed by atoms with Crippen molar-refractivity contribution in [2.75, 3.05) is 27.3 Å². The summed E-state index contributed by atoms with van der Waals surface area (Å²) in [6, 6.07) is 4.52. The fraction of sp³-hybridized carbons (Fsp3) is 0.684. The average Bonchev–Trinajstić information content (AvgIpc) is 2.53. The highest BCUT2D eigenvalue weighted by Gasteiger charge is 2.38. The second kappa shape index (κ2) is 6.70. The van der Waals surface area contributed by atoms with Crippen molar-refractivity contribution in [2.24, 2.45) is 11.8 Å². The van der Waals surface area contributed by atoms with Crippen LogP contribution in [0.25, 0.3) is 0 Å². The van der Waals surface area contributed by atoms with Crippen LogP contribution >= 0.6 is 0 Å². The quantitative estimate of drug-likeness (QED) is 0.926. The molecule has 1 N–H and O–H groups in total. The Morgan fingerprint density at radius 2 is 1.91 bits per heavy atom. The first-order valence-corrected chi connectivity index (χ1v) is 8.70. The number of benzene rings is 1. The summed E-state index contributed by atoms with van der Waals surface area (Å²) in [4.78, 5) is 2.55. The molecule has 4 heteroatoms. The molecule has 1 aromatic rings. The van der Waals surface area contributed by atoms with E-state index in [1.54, 1.807) is 14.2 Å². The van der Waals surface area contributed by atoms with Gasteiger partial charge in [0.1, 0.15) is 0 Å². The van der Waals surface area contributed by atoms with Crippen LogP contribution in [0, 0.1) is 11.8 Å². The first-order chi connectivity index (χ1) is 11.0. The van der Waals surface area contributed by atoms with Gasteiger partial charge in [-0.25, -0.2) is 0 Å². The zero-order valence-electron chi connectivity index (χ0n) is 14.7. The number of piperidine rings is 1. The Labute approximate surface area is 139 Å². The van der Waals surface area contributed by atoms with E-state index in [0.717, 1.165) is 43.9 Å². The molecule has 1 aromatic carbocycles. The van der Waals surface area contributed by atoms with Crippen LogP contribution in [0.15, 0.2) is 12.1 Å². The van der Waals surface area contributed by atoms with Gasteiger partial charge in [-0.05, 0) is 54.4 Å². The van der Waals surface area contributed by atoms with E-state index in [0.29, 0.717) is 17.9 Å². The summed E-state index contributed by atoms with van der Waals surface area (Å²) in [6.07, 6.45) is 2.75. The van der Waals surface area contributed by atoms with E-state index in [4.69, 9.17) is 9.47 Å². The molecule has 23 heavy (non-hydrogen) atoms. The monoisotopic (exact) mass is 319 g/mol. The molecule has 2 aliphatic heterocycles. The largest absolute Gasteiger partial charge is 0.493 e. The van der Waals surface area contributed by atoms with Gasteiger partial charge in [0.2, 0.25) is 0 Å². The molecule has 3 rings (SSSR count). The number of hydrogen-bond donors (Lipinski definition) is 1. The van der Waals surface area contributed by atoms with E-state index in [2.05, 4.69) is 30.9 Å². The normalized spacial score (nSPS) is 27.5. The molecule has 0 spiro atoms. The third-order valence-corrected chi connectivity index (χ3v) is 5.37. The number of rotatable bonds is 4. The number of fused-ring (bicyclic) bond motifs is 3. The topological polar surface area (TPSA) is 41.9 Å². The van der Waals surface area contributed by atoms with Gasteiger partial charge in [-0.2, -0.15) is 0 Å². The summed E-state index contributed by atoms with van der Waals surface area (Å²) in [5, 5.41) is 10.6. The van der Waals surface area contributed by atoms with Crippen molar-refractivity contribution in [1.82, 2.24) is 4.90 Å². The first kappa shape index (κ1) is 16.6. The fourth-order valence-corrected chi connectivity index (χ4v) is 4.26. The molecular formula is C19H29NO3. The molecule has 0 amide bonds. The highest BCUT2D eigenvalue weighted by Crippen LogP contribution is 2.43. The smallest absolute Gasteiger partial charge is 0.161 e. The van der Waals surface area contributed by atoms with Crippen molar-refractivity contribution < 1.29 is 14.6 Å². The molecular weight excluding hydrogens is 290 g/mol. The van der Waals surface area contributed by atoms with Crippen LogP contribution in [0.1, 0.15) is 43.9 Å². The summed E-state index contributed by atoms with van der Waals surface area (Å²) in [5.41, 5.74) is 2.63. The molecule has 1 saturated heterocycles. The van der Waals surface area contributed by atoms with Crippen LogP contribution in [0.3, 0.4) is 0 Å². The van der Waals surface area contributed by atoms with Gasteiger partial charge in [0, 0.05) is 19.1 Å². The fourth-order valence-electron chi connectivity index (χ4n) is 4.26. The molecule has 0 aromatic heterocycles. The van der Waals surface area contributed by atoms with Crippen LogP contribution in [-0.2, 0) is 6.42 Å². The summed E-state index contributed by atoms with van der Waals surface area (Å²) in [5.74, 6) is 2.61. The standard InChI is InChI=1S/C19H29NO3/c1-12(2)7-14-11-20-6-5-13-8-18(22-3)19(23-4)9-15(13)16(20)10-17(14)21/h8-9,12,14,16-17,21H,5-7,10-11H2,1-4H3/t14?,16-,17-/m0/s1. The Hall–Kier alpha value is -1.26. The first-order valence-electron chi connectivity index (χ1n) is 8.70. The van der Waals surface area contributed by atoms with Crippen LogP contribution in [0.2, 0.25) is 0 Å². The second-order valence-electron chi connectivity index (χ2n) is 7.36. The van der Waals surface area contributed by atoms with E-state index in [1.165, 1.54) is 11.1 Å². The van der Waals surface area contributed by atoms with E-state index in [-0.39, 0.29) is 6.10 Å². The van der Waals surface area contributed by atoms with E-state index in [1.807, 2.05) is 0 Å². The number of aliphatic hydroxyl groups is 1. The highest BCUT2D eigenvalue weighted by atomic mass is 16.5. The Bertz CT molecular complexity index is 558. The number of hydrogen-bond acceptors (Lipinski definition) is 4. The predicted octanol–water partition coefficient (Wildman–Crippen LogP) is 3.03. The Kier molecular flexibility index (Phi) is 4.83. The number of aliphatic hydroxyl groups excluding tert-OH is 1. The van der Waals surface area contributed by atoms with Crippen LogP contribution in [-0.4, -0.2) is 43.4 Å². The molecule has 0 aliphatic carbocycles. The van der Waals surface area contributed by atoms with Crippen molar-refractivity contribution in [3.05, 3.63) is 23.3 Å². The Morgan fingerprint density at radius 3 is 2.57 bits per heavy atom. The van der Waals surface area contributed by atoms with Gasteiger partial charge in [-0.15, -0.1) is 0 Å². The molecule has 2 heterocycles. The molecule has 1 unspecified atom stereocenters. The van der Waals surface area contributed by atoms with Gasteiger partial charge < -0.3 is 14.6 Å². The van der Waals surface area contributed by atoms with Crippen molar-refractivity contribution in [2.45, 2.75) is 45.3 Å². The minimum absolute atomic E-state index is 0.210. The molecule has 128 valence electrons. The van der Waals surface area contributed by atoms with Gasteiger partial charge >= 0.3 is 0 Å². The number of ether oxygens (including phenoxy) is 2. The summed E-state index contributed by atoms with van der Waals surface area (Å²) in [7, 11) is 3.36. The maximum atomic E-state index is 10.6. The van der Waals surface area contributed by atoms with E-state index < -0.39 is 0 Å². The maximum Gasteiger partial charge on any atom is 0.161 e. The van der Waals surface area contributed by atoms with Crippen molar-refractivity contribution >= 4 is 0 Å². The van der Waals surface area contributed by atoms with Gasteiger partial charge in [0.15, 0.2) is 11.5 Å². The van der Waals surface area contributed by atoms with Crippen LogP contribution < -0.4 is 9.47 Å². The molecule has 1 fully saturated rings. The molecule has 0 bridgehead atoms. The van der Waals surface area contributed by atoms with Gasteiger partial charge in [0.25, 0.3) is 0 Å². The highest BCUT2D eigenvalue weighted by molar-refractivity contribution is 5.49. The van der Waals surface area contributed by atoms with E-state index in [9.17, 15) is 5.11 Å². The third kappa shape index (κ3) is 3.20. The maximum absolute atomic E-state index is 10.6. The Balaban J connectivity index is 1.87. The summed E-state index contributed by atoms with van der Waals surface area (Å²) in [6.45, 7) is 6.54. The summed E-state index contributed by atoms with van der Waals surface area (Å²) < 4.78 is 10.9. The summed E-state index contributed by atoms with van der Waals surface area (Å²) >= 11 is 0. The molecule has 4 nitrogen and oxygen atoms in total. The zero-order valence-corrected chi connectivity index (χ0v) is 14.7. The third-order valence-electron chi connectivity index (χ3n) is 5.37. The molecule has 0 radical (unpaired) electrons. The second-order valence-corrected chi connectivity index (χ2v) is 7.36. The lowest BCUT2D eigenvalue weighted by molar-refractivity contribution is -0.0191. The average molecular weight is 319 g/mol. The lowest BCUT2D eigenvalue weighted by atomic mass is 9.79. The number of methoxy groups -OCH3 is 2. The molecule has 0 saturated carbocycles. The van der Waals surface area contributed by atoms with Gasteiger partial charge in [-0.3, -0.25) is 4.90 Å². The molecule has 2 aliphatic rings. The van der Waals surface area contributed by atoms with Crippen molar-refractivity contribution in [3.8, 4) is 11.5 Å². The Morgan fingerprint density at radius 1 is 1.22 bits per heavy atom. The number of nitrogens with zero attached hydrogens (tertiary/aromatic N) is 1. The minimum atomic E-state index is -0.210. The molecule has 3 atom stereocenters. The van der Waals surface area contributed by atoms with E-state index >= 15 is 0 Å².